The lowest BCUT2D eigenvalue weighted by Gasteiger charge is -2.16. The molecule has 23 heavy (non-hydrogen) atoms. The van der Waals surface area contributed by atoms with Crippen molar-refractivity contribution in [2.45, 2.75) is 23.1 Å². The molecule has 1 aromatic rings. The lowest BCUT2D eigenvalue weighted by atomic mass is 10.1. The monoisotopic (exact) mass is 345 g/mol. The first-order chi connectivity index (χ1) is 10.9. The molecule has 2 unspecified atom stereocenters. The molecule has 1 amide bonds. The third kappa shape index (κ3) is 4.64. The molecule has 1 saturated heterocycles. The quantitative estimate of drug-likeness (QED) is 0.623. The van der Waals surface area contributed by atoms with Gasteiger partial charge in [-0.25, -0.2) is 13.2 Å². The van der Waals surface area contributed by atoms with Crippen LogP contribution in [-0.2, 0) is 19.3 Å². The van der Waals surface area contributed by atoms with E-state index in [2.05, 4.69) is 5.32 Å². The Balaban J connectivity index is 1.77. The zero-order chi connectivity index (χ0) is 16.9. The molecule has 0 saturated carbocycles. The number of nitrogens with one attached hydrogen (secondary N) is 1. The van der Waals surface area contributed by atoms with Crippen molar-refractivity contribution in [3.05, 3.63) is 30.3 Å². The Morgan fingerprint density at radius 2 is 2.04 bits per heavy atom. The van der Waals surface area contributed by atoms with Crippen molar-refractivity contribution in [2.24, 2.45) is 0 Å². The zero-order valence-electron chi connectivity index (χ0n) is 12.3. The lowest BCUT2D eigenvalue weighted by Crippen LogP contribution is -2.45. The van der Waals surface area contributed by atoms with Gasteiger partial charge in [0.2, 0.25) is 0 Å². The Labute approximate surface area is 133 Å². The van der Waals surface area contributed by atoms with Crippen LogP contribution in [0.1, 0.15) is 0 Å². The molecule has 0 aromatic heterocycles. The van der Waals surface area contributed by atoms with Crippen molar-refractivity contribution >= 4 is 15.9 Å². The highest BCUT2D eigenvalue weighted by Crippen LogP contribution is 2.14. The van der Waals surface area contributed by atoms with Crippen molar-refractivity contribution in [2.75, 3.05) is 25.6 Å². The van der Waals surface area contributed by atoms with Gasteiger partial charge in [-0.2, -0.15) is 0 Å². The summed E-state index contributed by atoms with van der Waals surface area (Å²) < 4.78 is 33.9. The lowest BCUT2D eigenvalue weighted by molar-refractivity contribution is 0.00272. The van der Waals surface area contributed by atoms with Crippen LogP contribution in [0.3, 0.4) is 0 Å². The maximum atomic E-state index is 12.0. The van der Waals surface area contributed by atoms with E-state index in [1.807, 2.05) is 0 Å². The number of hydrogen-bond donors (Lipinski definition) is 3. The number of hydrogen-bond acceptors (Lipinski definition) is 7. The largest absolute Gasteiger partial charge is 0.448 e. The smallest absolute Gasteiger partial charge is 0.407 e. The van der Waals surface area contributed by atoms with Crippen LogP contribution in [0, 0.1) is 0 Å². The van der Waals surface area contributed by atoms with Gasteiger partial charge in [-0.3, -0.25) is 0 Å². The molecule has 9 heteroatoms. The third-order valence-corrected chi connectivity index (χ3v) is 5.15. The van der Waals surface area contributed by atoms with Crippen LogP contribution in [0.15, 0.2) is 35.2 Å². The number of alkyl carbamates (subject to hydrolysis) is 1. The summed E-state index contributed by atoms with van der Waals surface area (Å²) >= 11 is 0. The first-order valence-corrected chi connectivity index (χ1v) is 8.71. The number of aliphatic hydroxyl groups is 2. The summed E-state index contributed by atoms with van der Waals surface area (Å²) in [6, 6.07) is 7.16. The van der Waals surface area contributed by atoms with Gasteiger partial charge in [0.25, 0.3) is 0 Å². The number of rotatable bonds is 6. The minimum Gasteiger partial charge on any atom is -0.448 e. The highest BCUT2D eigenvalue weighted by atomic mass is 32.2. The Morgan fingerprint density at radius 3 is 2.65 bits per heavy atom. The predicted octanol–water partition coefficient (Wildman–Crippen LogP) is -0.693. The molecular weight excluding hydrogens is 326 g/mol. The van der Waals surface area contributed by atoms with Gasteiger partial charge in [0.05, 0.1) is 29.9 Å². The molecule has 1 fully saturated rings. The van der Waals surface area contributed by atoms with Crippen molar-refractivity contribution in [1.29, 1.82) is 0 Å². The van der Waals surface area contributed by atoms with Gasteiger partial charge in [-0.1, -0.05) is 18.2 Å². The maximum absolute atomic E-state index is 12.0. The Kier molecular flexibility index (Phi) is 5.94. The molecule has 3 N–H and O–H groups in total. The van der Waals surface area contributed by atoms with Gasteiger partial charge in [0, 0.05) is 0 Å². The zero-order valence-corrected chi connectivity index (χ0v) is 13.1. The first kappa shape index (κ1) is 17.7. The van der Waals surface area contributed by atoms with E-state index < -0.39 is 34.2 Å². The van der Waals surface area contributed by atoms with Crippen molar-refractivity contribution in [3.8, 4) is 0 Å². The highest BCUT2D eigenvalue weighted by Gasteiger charge is 2.36. The fraction of sp³-hybridized carbons (Fsp3) is 0.500. The maximum Gasteiger partial charge on any atom is 0.407 e. The van der Waals surface area contributed by atoms with Gasteiger partial charge < -0.3 is 25.0 Å². The number of sulfone groups is 1. The second-order valence-electron chi connectivity index (χ2n) is 5.06. The summed E-state index contributed by atoms with van der Waals surface area (Å²) in [5.74, 6) is -0.340. The van der Waals surface area contributed by atoms with Gasteiger partial charge in [0.1, 0.15) is 18.8 Å². The van der Waals surface area contributed by atoms with Crippen LogP contribution in [0.5, 0.6) is 0 Å². The molecule has 1 heterocycles. The topological polar surface area (TPSA) is 122 Å². The fourth-order valence-electron chi connectivity index (χ4n) is 2.15. The molecule has 3 atom stereocenters. The molecule has 1 aliphatic heterocycles. The highest BCUT2D eigenvalue weighted by molar-refractivity contribution is 7.91. The first-order valence-electron chi connectivity index (χ1n) is 7.05. The van der Waals surface area contributed by atoms with E-state index in [1.165, 1.54) is 12.1 Å². The van der Waals surface area contributed by atoms with Crippen LogP contribution in [0.2, 0.25) is 0 Å². The van der Waals surface area contributed by atoms with E-state index in [1.54, 1.807) is 18.2 Å². The molecule has 2 rings (SSSR count). The second-order valence-corrected chi connectivity index (χ2v) is 7.17. The Bertz CT molecular complexity index is 619. The molecule has 8 nitrogen and oxygen atoms in total. The Morgan fingerprint density at radius 1 is 1.35 bits per heavy atom. The summed E-state index contributed by atoms with van der Waals surface area (Å²) in [6.07, 6.45) is -2.64. The number of aliphatic hydroxyl groups excluding tert-OH is 2. The predicted molar refractivity (Wildman–Crippen MR) is 79.6 cm³/mol. The summed E-state index contributed by atoms with van der Waals surface area (Å²) in [7, 11) is -3.52. The average molecular weight is 345 g/mol. The molecule has 1 aromatic carbocycles. The molecule has 0 radical (unpaired) electrons. The third-order valence-electron chi connectivity index (χ3n) is 3.45. The summed E-state index contributed by atoms with van der Waals surface area (Å²) in [6.45, 7) is -0.621. The van der Waals surface area contributed by atoms with Crippen LogP contribution < -0.4 is 5.32 Å². The normalized spacial score (nSPS) is 24.3. The summed E-state index contributed by atoms with van der Waals surface area (Å²) in [4.78, 5) is 11.8. The van der Waals surface area contributed by atoms with E-state index in [9.17, 15) is 18.3 Å². The van der Waals surface area contributed by atoms with Crippen LogP contribution in [-0.4, -0.2) is 68.5 Å². The van der Waals surface area contributed by atoms with Crippen molar-refractivity contribution in [3.63, 3.8) is 0 Å². The minimum atomic E-state index is -3.52. The van der Waals surface area contributed by atoms with E-state index >= 15 is 0 Å². The number of benzene rings is 1. The molecular formula is C14H19NO7S. The van der Waals surface area contributed by atoms with Gasteiger partial charge >= 0.3 is 6.09 Å². The molecule has 128 valence electrons. The molecule has 0 spiro atoms. The average Bonchev–Trinajstić information content (AvgIpc) is 2.88. The number of amides is 1. The second kappa shape index (κ2) is 7.73. The van der Waals surface area contributed by atoms with Crippen molar-refractivity contribution in [1.82, 2.24) is 5.32 Å². The van der Waals surface area contributed by atoms with Gasteiger partial charge in [0.15, 0.2) is 9.84 Å². The summed E-state index contributed by atoms with van der Waals surface area (Å²) in [5, 5.41) is 21.1. The van der Waals surface area contributed by atoms with Crippen molar-refractivity contribution < 1.29 is 32.9 Å². The van der Waals surface area contributed by atoms with Crippen LogP contribution in [0.4, 0.5) is 4.79 Å². The van der Waals surface area contributed by atoms with E-state index in [0.29, 0.717) is 0 Å². The molecule has 1 aliphatic rings. The number of carbonyl (C=O) groups is 1. The Hall–Kier alpha value is -1.68. The van der Waals surface area contributed by atoms with E-state index in [4.69, 9.17) is 14.6 Å². The summed E-state index contributed by atoms with van der Waals surface area (Å²) in [5.41, 5.74) is 0. The van der Waals surface area contributed by atoms with Crippen LogP contribution >= 0.6 is 0 Å². The van der Waals surface area contributed by atoms with Gasteiger partial charge in [-0.15, -0.1) is 0 Å². The molecule has 0 aliphatic carbocycles. The van der Waals surface area contributed by atoms with E-state index in [0.717, 1.165) is 0 Å². The standard InChI is InChI=1S/C14H19NO7S/c16-8-12-13(17)11(9-22-12)15-14(18)21-6-7-23(19,20)10-4-2-1-3-5-10/h1-5,11-13,16-17H,6-9H2,(H,15,18)/t11?,12-,13?/m1/s1. The van der Waals surface area contributed by atoms with E-state index in [-0.39, 0.29) is 30.5 Å². The fourth-order valence-corrected chi connectivity index (χ4v) is 3.26. The van der Waals surface area contributed by atoms with Gasteiger partial charge in [-0.05, 0) is 12.1 Å². The SMILES string of the molecule is O=C(NC1CO[C@H](CO)C1O)OCCS(=O)(=O)c1ccccc1. The number of carbonyl (C=O) groups excluding carboxylic acids is 1. The minimum absolute atomic E-state index is 0.0454. The molecule has 0 bridgehead atoms. The van der Waals surface area contributed by atoms with Crippen LogP contribution in [0.25, 0.3) is 0 Å². The number of ether oxygens (including phenoxy) is 2.